The second kappa shape index (κ2) is 6.39. The van der Waals surface area contributed by atoms with E-state index in [2.05, 4.69) is 17.6 Å². The number of rotatable bonds is 5. The summed E-state index contributed by atoms with van der Waals surface area (Å²) in [4.78, 5) is 11.8. The van der Waals surface area contributed by atoms with Crippen LogP contribution in [0.3, 0.4) is 0 Å². The van der Waals surface area contributed by atoms with E-state index in [1.54, 1.807) is 0 Å². The zero-order valence-corrected chi connectivity index (χ0v) is 11.0. The summed E-state index contributed by atoms with van der Waals surface area (Å²) in [6.45, 7) is 4.42. The van der Waals surface area contributed by atoms with Gasteiger partial charge in [-0.15, -0.1) is 0 Å². The van der Waals surface area contributed by atoms with Gasteiger partial charge in [-0.1, -0.05) is 6.42 Å². The van der Waals surface area contributed by atoms with E-state index in [1.165, 1.54) is 32.1 Å². The van der Waals surface area contributed by atoms with Crippen LogP contribution in [-0.4, -0.2) is 25.0 Å². The summed E-state index contributed by atoms with van der Waals surface area (Å²) in [7, 11) is 0. The molecule has 1 aliphatic carbocycles. The molecule has 3 heteroatoms. The molecule has 1 aliphatic heterocycles. The van der Waals surface area contributed by atoms with Gasteiger partial charge in [-0.3, -0.25) is 4.79 Å². The van der Waals surface area contributed by atoms with Crippen molar-refractivity contribution >= 4 is 5.91 Å². The third-order valence-corrected chi connectivity index (χ3v) is 4.48. The molecule has 98 valence electrons. The largest absolute Gasteiger partial charge is 0.353 e. The molecule has 1 heterocycles. The Bertz CT molecular complexity index is 245. The van der Waals surface area contributed by atoms with Gasteiger partial charge in [0.25, 0.3) is 0 Å². The van der Waals surface area contributed by atoms with Crippen LogP contribution >= 0.6 is 0 Å². The molecule has 1 saturated carbocycles. The number of nitrogens with one attached hydrogen (secondary N) is 2. The molecule has 2 aliphatic rings. The number of carbonyl (C=O) groups is 1. The third kappa shape index (κ3) is 3.98. The van der Waals surface area contributed by atoms with Crippen molar-refractivity contribution in [2.45, 2.75) is 57.9 Å². The van der Waals surface area contributed by atoms with Crippen LogP contribution in [0.15, 0.2) is 0 Å². The van der Waals surface area contributed by atoms with Crippen LogP contribution in [0.4, 0.5) is 0 Å². The van der Waals surface area contributed by atoms with Crippen LogP contribution in [0.2, 0.25) is 0 Å². The fourth-order valence-corrected chi connectivity index (χ4v) is 2.89. The van der Waals surface area contributed by atoms with Crippen molar-refractivity contribution in [1.29, 1.82) is 0 Å². The van der Waals surface area contributed by atoms with Crippen LogP contribution in [0.1, 0.15) is 51.9 Å². The van der Waals surface area contributed by atoms with Gasteiger partial charge in [0, 0.05) is 12.5 Å². The van der Waals surface area contributed by atoms with Crippen LogP contribution in [-0.2, 0) is 4.79 Å². The van der Waals surface area contributed by atoms with Crippen molar-refractivity contribution in [1.82, 2.24) is 10.6 Å². The fraction of sp³-hybridized carbons (Fsp3) is 0.929. The third-order valence-electron chi connectivity index (χ3n) is 4.48. The van der Waals surface area contributed by atoms with Crippen molar-refractivity contribution in [2.75, 3.05) is 13.1 Å². The molecule has 0 aromatic rings. The molecule has 1 unspecified atom stereocenters. The summed E-state index contributed by atoms with van der Waals surface area (Å²) >= 11 is 0. The standard InChI is InChI=1S/C14H26N2O/c1-11(13-3-2-4-13)16-14(17)6-5-12-7-9-15-10-8-12/h11-13,15H,2-10H2,1H3,(H,16,17). The zero-order valence-electron chi connectivity index (χ0n) is 11.0. The summed E-state index contributed by atoms with van der Waals surface area (Å²) < 4.78 is 0. The smallest absolute Gasteiger partial charge is 0.220 e. The van der Waals surface area contributed by atoms with Crippen molar-refractivity contribution in [3.63, 3.8) is 0 Å². The minimum atomic E-state index is 0.267. The van der Waals surface area contributed by atoms with E-state index in [1.807, 2.05) is 0 Å². The first kappa shape index (κ1) is 12.9. The normalized spacial score (nSPS) is 24.1. The Morgan fingerprint density at radius 2 is 2.00 bits per heavy atom. The van der Waals surface area contributed by atoms with Crippen LogP contribution in [0.25, 0.3) is 0 Å². The minimum absolute atomic E-state index is 0.267. The van der Waals surface area contributed by atoms with Gasteiger partial charge in [0.1, 0.15) is 0 Å². The van der Waals surface area contributed by atoms with E-state index < -0.39 is 0 Å². The molecule has 2 fully saturated rings. The predicted octanol–water partition coefficient (Wildman–Crippen LogP) is 2.07. The van der Waals surface area contributed by atoms with E-state index in [9.17, 15) is 4.79 Å². The highest BCUT2D eigenvalue weighted by Gasteiger charge is 2.25. The number of carbonyl (C=O) groups excluding carboxylic acids is 1. The molecule has 0 bridgehead atoms. The second-order valence-electron chi connectivity index (χ2n) is 5.78. The molecule has 17 heavy (non-hydrogen) atoms. The Labute approximate surface area is 105 Å². The summed E-state index contributed by atoms with van der Waals surface area (Å²) in [5, 5.41) is 6.53. The highest BCUT2D eigenvalue weighted by molar-refractivity contribution is 5.76. The van der Waals surface area contributed by atoms with Crippen LogP contribution < -0.4 is 10.6 Å². The molecule has 2 N–H and O–H groups in total. The fourth-order valence-electron chi connectivity index (χ4n) is 2.89. The van der Waals surface area contributed by atoms with Gasteiger partial charge in [0.15, 0.2) is 0 Å². The van der Waals surface area contributed by atoms with Crippen molar-refractivity contribution in [2.24, 2.45) is 11.8 Å². The molecule has 0 spiro atoms. The lowest BCUT2D eigenvalue weighted by Gasteiger charge is -2.32. The Hall–Kier alpha value is -0.570. The topological polar surface area (TPSA) is 41.1 Å². The SMILES string of the molecule is CC(NC(=O)CCC1CCNCC1)C1CCC1. The van der Waals surface area contributed by atoms with Gasteiger partial charge >= 0.3 is 0 Å². The maximum atomic E-state index is 11.8. The molecule has 2 rings (SSSR count). The molecule has 0 radical (unpaired) electrons. The van der Waals surface area contributed by atoms with E-state index in [0.717, 1.165) is 37.8 Å². The van der Waals surface area contributed by atoms with Crippen LogP contribution in [0.5, 0.6) is 0 Å². The molecule has 3 nitrogen and oxygen atoms in total. The van der Waals surface area contributed by atoms with Gasteiger partial charge in [0.2, 0.25) is 5.91 Å². The lowest BCUT2D eigenvalue weighted by atomic mass is 9.80. The zero-order chi connectivity index (χ0) is 12.1. The van der Waals surface area contributed by atoms with Gasteiger partial charge in [-0.05, 0) is 64.0 Å². The first-order chi connectivity index (χ1) is 8.25. The Morgan fingerprint density at radius 1 is 1.29 bits per heavy atom. The minimum Gasteiger partial charge on any atom is -0.353 e. The van der Waals surface area contributed by atoms with Gasteiger partial charge in [-0.2, -0.15) is 0 Å². The van der Waals surface area contributed by atoms with Gasteiger partial charge in [-0.25, -0.2) is 0 Å². The summed E-state index contributed by atoms with van der Waals surface area (Å²) in [6, 6.07) is 0.393. The Kier molecular flexibility index (Phi) is 4.84. The maximum Gasteiger partial charge on any atom is 0.220 e. The van der Waals surface area contributed by atoms with E-state index in [0.29, 0.717) is 6.04 Å². The molecule has 1 amide bonds. The highest BCUT2D eigenvalue weighted by Crippen LogP contribution is 2.29. The lowest BCUT2D eigenvalue weighted by molar-refractivity contribution is -0.122. The molecular weight excluding hydrogens is 212 g/mol. The summed E-state index contributed by atoms with van der Waals surface area (Å²) in [5.41, 5.74) is 0. The highest BCUT2D eigenvalue weighted by atomic mass is 16.1. The van der Waals surface area contributed by atoms with Gasteiger partial charge < -0.3 is 10.6 Å². The quantitative estimate of drug-likeness (QED) is 0.770. The molecule has 0 aromatic heterocycles. The number of amides is 1. The van der Waals surface area contributed by atoms with E-state index >= 15 is 0 Å². The Balaban J connectivity index is 1.59. The number of piperidine rings is 1. The molecule has 1 saturated heterocycles. The summed E-state index contributed by atoms with van der Waals surface area (Å²) in [5.74, 6) is 1.78. The lowest BCUT2D eigenvalue weighted by Crippen LogP contribution is -2.40. The first-order valence-electron chi connectivity index (χ1n) is 7.26. The summed E-state index contributed by atoms with van der Waals surface area (Å²) in [6.07, 6.45) is 8.23. The van der Waals surface area contributed by atoms with Crippen molar-refractivity contribution < 1.29 is 4.79 Å². The van der Waals surface area contributed by atoms with Gasteiger partial charge in [0.05, 0.1) is 0 Å². The Morgan fingerprint density at radius 3 is 2.59 bits per heavy atom. The molecule has 1 atom stereocenters. The predicted molar refractivity (Wildman–Crippen MR) is 69.8 cm³/mol. The first-order valence-corrected chi connectivity index (χ1v) is 7.26. The molecular formula is C14H26N2O. The number of hydrogen-bond acceptors (Lipinski definition) is 2. The average molecular weight is 238 g/mol. The van der Waals surface area contributed by atoms with Crippen molar-refractivity contribution in [3.8, 4) is 0 Å². The van der Waals surface area contributed by atoms with E-state index in [4.69, 9.17) is 0 Å². The number of hydrogen-bond donors (Lipinski definition) is 2. The van der Waals surface area contributed by atoms with Crippen molar-refractivity contribution in [3.05, 3.63) is 0 Å². The monoisotopic (exact) mass is 238 g/mol. The maximum absolute atomic E-state index is 11.8. The van der Waals surface area contributed by atoms with Crippen LogP contribution in [0, 0.1) is 11.8 Å². The second-order valence-corrected chi connectivity index (χ2v) is 5.78. The van der Waals surface area contributed by atoms with E-state index in [-0.39, 0.29) is 5.91 Å². The molecule has 0 aromatic carbocycles. The average Bonchev–Trinajstić information content (AvgIpc) is 2.25.